The minimum atomic E-state index is -0.338. The van der Waals surface area contributed by atoms with Gasteiger partial charge in [-0.3, -0.25) is 14.4 Å². The van der Waals surface area contributed by atoms with Crippen LogP contribution in [0.25, 0.3) is 0 Å². The third-order valence-electron chi connectivity index (χ3n) is 9.01. The van der Waals surface area contributed by atoms with E-state index in [-0.39, 0.29) is 28.6 Å². The van der Waals surface area contributed by atoms with Crippen LogP contribution in [0.1, 0.15) is 72.1 Å². The molecule has 4 aliphatic rings. The number of ketones is 2. The summed E-state index contributed by atoms with van der Waals surface area (Å²) in [5, 5.41) is 0. The topological polar surface area (TPSA) is 60.4 Å². The van der Waals surface area contributed by atoms with Crippen molar-refractivity contribution in [2.24, 2.45) is 34.5 Å². The van der Waals surface area contributed by atoms with Crippen molar-refractivity contribution in [3.8, 4) is 0 Å². The zero-order valence-corrected chi connectivity index (χ0v) is 16.8. The molecule has 3 fully saturated rings. The second-order valence-electron chi connectivity index (χ2n) is 9.73. The minimum Gasteiger partial charge on any atom is -0.465 e. The molecule has 0 unspecified atom stereocenters. The van der Waals surface area contributed by atoms with E-state index >= 15 is 0 Å². The Bertz CT molecular complexity index is 694. The van der Waals surface area contributed by atoms with Crippen LogP contribution in [0, 0.1) is 34.5 Å². The predicted octanol–water partition coefficient (Wildman–Crippen LogP) is 4.27. The molecule has 4 aliphatic carbocycles. The SMILES string of the molecule is CC(=O)[C@]12CC[C@H]3[C@@H](CC=C4CC(=O)CC[C@@]43C)[C@@H]1CC[C@@H]2[C@@H](C)OC=O. The predicted molar refractivity (Wildman–Crippen MR) is 102 cm³/mol. The number of rotatable bonds is 4. The van der Waals surface area contributed by atoms with Gasteiger partial charge >= 0.3 is 0 Å². The Morgan fingerprint density at radius 2 is 2.04 bits per heavy atom. The molecule has 0 amide bonds. The Morgan fingerprint density at radius 1 is 1.26 bits per heavy atom. The van der Waals surface area contributed by atoms with Crippen LogP contribution in [0.3, 0.4) is 0 Å². The van der Waals surface area contributed by atoms with E-state index in [0.717, 1.165) is 38.5 Å². The normalized spacial score (nSPS) is 44.4. The van der Waals surface area contributed by atoms with Crippen LogP contribution in [-0.2, 0) is 19.1 Å². The summed E-state index contributed by atoms with van der Waals surface area (Å²) in [7, 11) is 0. The maximum Gasteiger partial charge on any atom is 0.293 e. The maximum absolute atomic E-state index is 13.0. The number of hydrogen-bond donors (Lipinski definition) is 0. The molecule has 0 aromatic heterocycles. The Hall–Kier alpha value is -1.45. The molecule has 27 heavy (non-hydrogen) atoms. The van der Waals surface area contributed by atoms with E-state index in [9.17, 15) is 14.4 Å². The van der Waals surface area contributed by atoms with Crippen LogP contribution < -0.4 is 0 Å². The van der Waals surface area contributed by atoms with E-state index < -0.39 is 0 Å². The fourth-order valence-electron chi connectivity index (χ4n) is 7.73. The highest BCUT2D eigenvalue weighted by atomic mass is 16.5. The smallest absolute Gasteiger partial charge is 0.293 e. The molecule has 0 heterocycles. The lowest BCUT2D eigenvalue weighted by Crippen LogP contribution is -2.54. The summed E-state index contributed by atoms with van der Waals surface area (Å²) >= 11 is 0. The average molecular weight is 373 g/mol. The first-order chi connectivity index (χ1) is 12.8. The highest BCUT2D eigenvalue weighted by Crippen LogP contribution is 2.67. The van der Waals surface area contributed by atoms with Gasteiger partial charge in [0, 0.05) is 24.2 Å². The van der Waals surface area contributed by atoms with Crippen molar-refractivity contribution in [1.29, 1.82) is 0 Å². The summed E-state index contributed by atoms with van der Waals surface area (Å²) in [5.41, 5.74) is 1.15. The molecule has 7 atom stereocenters. The Kier molecular flexibility index (Phi) is 4.59. The van der Waals surface area contributed by atoms with E-state index in [2.05, 4.69) is 13.0 Å². The van der Waals surface area contributed by atoms with Gasteiger partial charge in [-0.15, -0.1) is 0 Å². The zero-order chi connectivity index (χ0) is 19.4. The number of carbonyl (C=O) groups is 3. The molecule has 3 saturated carbocycles. The third-order valence-corrected chi connectivity index (χ3v) is 9.01. The van der Waals surface area contributed by atoms with Gasteiger partial charge in [-0.1, -0.05) is 18.6 Å². The maximum atomic E-state index is 13.0. The van der Waals surface area contributed by atoms with Crippen LogP contribution in [0.5, 0.6) is 0 Å². The summed E-state index contributed by atoms with van der Waals surface area (Å²) in [6.45, 7) is 6.61. The van der Waals surface area contributed by atoms with E-state index in [1.165, 1.54) is 5.57 Å². The highest BCUT2D eigenvalue weighted by Gasteiger charge is 2.63. The van der Waals surface area contributed by atoms with Crippen LogP contribution in [0.15, 0.2) is 11.6 Å². The molecule has 0 radical (unpaired) electrons. The molecule has 0 aromatic rings. The number of fused-ring (bicyclic) bond motifs is 5. The molecule has 0 aliphatic heterocycles. The van der Waals surface area contributed by atoms with Gasteiger partial charge in [0.05, 0.1) is 0 Å². The molecule has 4 heteroatoms. The first-order valence-electron chi connectivity index (χ1n) is 10.7. The van der Waals surface area contributed by atoms with Gasteiger partial charge in [-0.05, 0) is 75.5 Å². The van der Waals surface area contributed by atoms with Gasteiger partial charge in [0.15, 0.2) is 0 Å². The van der Waals surface area contributed by atoms with E-state index in [1.807, 2.05) is 6.92 Å². The quantitative estimate of drug-likeness (QED) is 0.546. The average Bonchev–Trinajstić information content (AvgIpc) is 3.03. The van der Waals surface area contributed by atoms with E-state index in [4.69, 9.17) is 4.74 Å². The van der Waals surface area contributed by atoms with Gasteiger partial charge in [-0.2, -0.15) is 0 Å². The fourth-order valence-corrected chi connectivity index (χ4v) is 7.73. The summed E-state index contributed by atoms with van der Waals surface area (Å²) in [6, 6.07) is 0. The number of allylic oxidation sites excluding steroid dienone is 2. The second-order valence-corrected chi connectivity index (χ2v) is 9.73. The van der Waals surface area contributed by atoms with Gasteiger partial charge < -0.3 is 4.74 Å². The number of carbonyl (C=O) groups excluding carboxylic acids is 3. The monoisotopic (exact) mass is 372 g/mol. The van der Waals surface area contributed by atoms with Crippen molar-refractivity contribution < 1.29 is 19.1 Å². The lowest BCUT2D eigenvalue weighted by Gasteiger charge is -2.57. The summed E-state index contributed by atoms with van der Waals surface area (Å²) < 4.78 is 5.32. The highest BCUT2D eigenvalue weighted by molar-refractivity contribution is 5.84. The summed E-state index contributed by atoms with van der Waals surface area (Å²) in [5.74, 6) is 2.27. The molecular weight excluding hydrogens is 340 g/mol. The van der Waals surface area contributed by atoms with Crippen molar-refractivity contribution in [2.45, 2.75) is 78.2 Å². The largest absolute Gasteiger partial charge is 0.465 e. The van der Waals surface area contributed by atoms with Gasteiger partial charge in [-0.25, -0.2) is 0 Å². The van der Waals surface area contributed by atoms with Crippen molar-refractivity contribution in [3.05, 3.63) is 11.6 Å². The zero-order valence-electron chi connectivity index (χ0n) is 16.8. The lowest BCUT2D eigenvalue weighted by atomic mass is 9.46. The standard InChI is InChI=1S/C23H32O4/c1-14(27-13-24)19-6-7-21-18-5-4-16-12-17(26)8-10-22(16,3)20(18)9-11-23(19,21)15(2)25/h4,13-14,18-21H,5-12H2,1-3H3/t14-,18-,19-,20+,21+,22+,23+/m1/s1. The molecule has 0 saturated heterocycles. The van der Waals surface area contributed by atoms with Crippen molar-refractivity contribution in [2.75, 3.05) is 0 Å². The Labute approximate surface area is 162 Å². The number of ether oxygens (including phenoxy) is 1. The first-order valence-corrected chi connectivity index (χ1v) is 10.7. The lowest BCUT2D eigenvalue weighted by molar-refractivity contribution is -0.152. The molecule has 0 spiro atoms. The van der Waals surface area contributed by atoms with Crippen molar-refractivity contribution >= 4 is 18.0 Å². The van der Waals surface area contributed by atoms with Crippen molar-refractivity contribution in [3.63, 3.8) is 0 Å². The molecule has 4 nitrogen and oxygen atoms in total. The van der Waals surface area contributed by atoms with Crippen molar-refractivity contribution in [1.82, 2.24) is 0 Å². The van der Waals surface area contributed by atoms with E-state index in [0.29, 0.717) is 42.9 Å². The second kappa shape index (κ2) is 6.56. The fraction of sp³-hybridized carbons (Fsp3) is 0.783. The van der Waals surface area contributed by atoms with E-state index in [1.54, 1.807) is 6.92 Å². The minimum absolute atomic E-state index is 0.128. The van der Waals surface area contributed by atoms with Gasteiger partial charge in [0.2, 0.25) is 0 Å². The molecule has 0 bridgehead atoms. The molecule has 0 aromatic carbocycles. The Morgan fingerprint density at radius 3 is 2.74 bits per heavy atom. The number of hydrogen-bond acceptors (Lipinski definition) is 4. The molecular formula is C23H32O4. The summed E-state index contributed by atoms with van der Waals surface area (Å²) in [4.78, 5) is 35.9. The van der Waals surface area contributed by atoms with Gasteiger partial charge in [0.1, 0.15) is 17.7 Å². The first kappa shape index (κ1) is 18.9. The molecule has 0 N–H and O–H groups in total. The Balaban J connectivity index is 1.69. The van der Waals surface area contributed by atoms with Crippen LogP contribution in [-0.4, -0.2) is 24.1 Å². The molecule has 4 rings (SSSR count). The third kappa shape index (κ3) is 2.58. The van der Waals surface area contributed by atoms with Crippen LogP contribution in [0.4, 0.5) is 0 Å². The van der Waals surface area contributed by atoms with Crippen LogP contribution in [0.2, 0.25) is 0 Å². The number of Topliss-reactive ketones (excluding diaryl/α,β-unsaturated/α-hetero) is 2. The van der Waals surface area contributed by atoms with Crippen LogP contribution >= 0.6 is 0 Å². The van der Waals surface area contributed by atoms with Gasteiger partial charge in [0.25, 0.3) is 6.47 Å². The summed E-state index contributed by atoms with van der Waals surface area (Å²) in [6.07, 6.45) is 9.41. The molecule has 148 valence electrons.